The van der Waals surface area contributed by atoms with Gasteiger partial charge in [0.1, 0.15) is 11.6 Å². The Balaban J connectivity index is 2.63. The molecule has 0 spiro atoms. The maximum Gasteiger partial charge on any atom is 0.129 e. The molecule has 1 aliphatic carbocycles. The lowest BCUT2D eigenvalue weighted by Gasteiger charge is -2.05. The lowest BCUT2D eigenvalue weighted by molar-refractivity contribution is 0.174. The molecule has 0 aliphatic heterocycles. The first-order valence-corrected chi connectivity index (χ1v) is 4.26. The predicted molar refractivity (Wildman–Crippen MR) is 44.3 cm³/mol. The average Bonchev–Trinajstić information content (AvgIpc) is 2.27. The van der Waals surface area contributed by atoms with Gasteiger partial charge in [0.05, 0.1) is 6.10 Å². The minimum absolute atomic E-state index is 0.0226. The number of rotatable bonds is 0. The zero-order valence-corrected chi connectivity index (χ0v) is 7.22. The van der Waals surface area contributed by atoms with Crippen molar-refractivity contribution in [2.75, 3.05) is 0 Å². The molecule has 1 nitrogen and oxygen atoms in total. The molecule has 0 saturated carbocycles. The molecule has 0 bridgehead atoms. The van der Waals surface area contributed by atoms with Crippen LogP contribution in [0.15, 0.2) is 12.1 Å². The van der Waals surface area contributed by atoms with Crippen molar-refractivity contribution < 1.29 is 13.9 Å². The molecule has 2 atom stereocenters. The van der Waals surface area contributed by atoms with Gasteiger partial charge < -0.3 is 5.11 Å². The van der Waals surface area contributed by atoms with Crippen LogP contribution < -0.4 is 0 Å². The van der Waals surface area contributed by atoms with Crippen LogP contribution in [0.5, 0.6) is 0 Å². The Morgan fingerprint density at radius 1 is 1.38 bits per heavy atom. The summed E-state index contributed by atoms with van der Waals surface area (Å²) < 4.78 is 26.0. The Hall–Kier alpha value is -0.960. The maximum atomic E-state index is 13.2. The fraction of sp³-hybridized carbons (Fsp3) is 0.400. The average molecular weight is 184 g/mol. The van der Waals surface area contributed by atoms with Gasteiger partial charge in [0.25, 0.3) is 0 Å². The molecule has 0 fully saturated rings. The second-order valence-electron chi connectivity index (χ2n) is 3.54. The van der Waals surface area contributed by atoms with E-state index < -0.39 is 17.7 Å². The van der Waals surface area contributed by atoms with Crippen molar-refractivity contribution >= 4 is 0 Å². The van der Waals surface area contributed by atoms with E-state index in [0.717, 1.165) is 6.07 Å². The van der Waals surface area contributed by atoms with Gasteiger partial charge in [-0.2, -0.15) is 0 Å². The van der Waals surface area contributed by atoms with Crippen LogP contribution in [0, 0.1) is 11.6 Å². The molecule has 3 heteroatoms. The standard InChI is InChI=1S/C10H10F2O/c1-5-2-9(13)7-3-6(11)4-8(12)10(5)7/h3-5,9,13H,2H2,1H3. The van der Waals surface area contributed by atoms with E-state index >= 15 is 0 Å². The fourth-order valence-electron chi connectivity index (χ4n) is 1.98. The normalized spacial score (nSPS) is 26.2. The summed E-state index contributed by atoms with van der Waals surface area (Å²) in [5.74, 6) is -1.19. The van der Waals surface area contributed by atoms with Crippen molar-refractivity contribution in [3.05, 3.63) is 34.9 Å². The molecule has 0 heterocycles. The highest BCUT2D eigenvalue weighted by atomic mass is 19.1. The smallest absolute Gasteiger partial charge is 0.129 e. The van der Waals surface area contributed by atoms with Crippen LogP contribution in [0.3, 0.4) is 0 Å². The lowest BCUT2D eigenvalue weighted by atomic mass is 10.0. The Morgan fingerprint density at radius 3 is 2.77 bits per heavy atom. The highest BCUT2D eigenvalue weighted by Crippen LogP contribution is 2.41. The molecular formula is C10H10F2O. The summed E-state index contributed by atoms with van der Waals surface area (Å²) in [7, 11) is 0. The molecule has 13 heavy (non-hydrogen) atoms. The molecule has 1 aromatic rings. The largest absolute Gasteiger partial charge is 0.388 e. The van der Waals surface area contributed by atoms with Crippen LogP contribution >= 0.6 is 0 Å². The quantitative estimate of drug-likeness (QED) is 0.656. The van der Waals surface area contributed by atoms with Crippen molar-refractivity contribution in [2.45, 2.75) is 25.4 Å². The Labute approximate surface area is 75.0 Å². The number of hydrogen-bond acceptors (Lipinski definition) is 1. The minimum atomic E-state index is -0.713. The van der Waals surface area contributed by atoms with Crippen LogP contribution in [-0.4, -0.2) is 5.11 Å². The minimum Gasteiger partial charge on any atom is -0.388 e. The molecular weight excluding hydrogens is 174 g/mol. The monoisotopic (exact) mass is 184 g/mol. The maximum absolute atomic E-state index is 13.2. The first-order valence-electron chi connectivity index (χ1n) is 4.26. The van der Waals surface area contributed by atoms with Gasteiger partial charge in [-0.25, -0.2) is 8.78 Å². The third-order valence-corrected chi connectivity index (χ3v) is 2.55. The molecule has 0 saturated heterocycles. The highest BCUT2D eigenvalue weighted by molar-refractivity contribution is 5.38. The van der Waals surface area contributed by atoms with E-state index in [1.165, 1.54) is 6.07 Å². The van der Waals surface area contributed by atoms with Crippen molar-refractivity contribution in [3.8, 4) is 0 Å². The first-order chi connectivity index (χ1) is 6.09. The van der Waals surface area contributed by atoms with E-state index in [2.05, 4.69) is 0 Å². The summed E-state index contributed by atoms with van der Waals surface area (Å²) in [5.41, 5.74) is 0.874. The van der Waals surface area contributed by atoms with E-state index in [4.69, 9.17) is 0 Å². The summed E-state index contributed by atoms with van der Waals surface area (Å²) in [5, 5.41) is 9.47. The van der Waals surface area contributed by atoms with Gasteiger partial charge in [-0.1, -0.05) is 6.92 Å². The van der Waals surface area contributed by atoms with Crippen molar-refractivity contribution in [1.82, 2.24) is 0 Å². The second-order valence-corrected chi connectivity index (χ2v) is 3.54. The van der Waals surface area contributed by atoms with Crippen LogP contribution in [0.1, 0.15) is 36.5 Å². The number of aliphatic hydroxyl groups is 1. The molecule has 1 N–H and O–H groups in total. The summed E-state index contributed by atoms with van der Waals surface area (Å²) >= 11 is 0. The van der Waals surface area contributed by atoms with E-state index in [1.54, 1.807) is 0 Å². The first kappa shape index (κ1) is 8.63. The number of hydrogen-bond donors (Lipinski definition) is 1. The molecule has 2 unspecified atom stereocenters. The van der Waals surface area contributed by atoms with Gasteiger partial charge in [0.2, 0.25) is 0 Å². The summed E-state index contributed by atoms with van der Waals surface area (Å²) in [4.78, 5) is 0. The SMILES string of the molecule is CC1CC(O)c2cc(F)cc(F)c21. The third kappa shape index (κ3) is 1.23. The Morgan fingerprint density at radius 2 is 2.08 bits per heavy atom. The highest BCUT2D eigenvalue weighted by Gasteiger charge is 2.29. The summed E-state index contributed by atoms with van der Waals surface area (Å²) in [6, 6.07) is 2.08. The van der Waals surface area contributed by atoms with E-state index in [1.807, 2.05) is 6.92 Å². The van der Waals surface area contributed by atoms with Crippen molar-refractivity contribution in [2.24, 2.45) is 0 Å². The molecule has 0 aromatic heterocycles. The van der Waals surface area contributed by atoms with Crippen LogP contribution in [0.25, 0.3) is 0 Å². The molecule has 1 aromatic carbocycles. The van der Waals surface area contributed by atoms with Gasteiger partial charge in [0.15, 0.2) is 0 Å². The zero-order chi connectivity index (χ0) is 9.59. The van der Waals surface area contributed by atoms with E-state index in [9.17, 15) is 13.9 Å². The molecule has 0 amide bonds. The number of aliphatic hydroxyl groups excluding tert-OH is 1. The molecule has 1 aliphatic rings. The molecule has 2 rings (SSSR count). The molecule has 70 valence electrons. The van der Waals surface area contributed by atoms with Crippen LogP contribution in [0.4, 0.5) is 8.78 Å². The van der Waals surface area contributed by atoms with Gasteiger partial charge in [-0.05, 0) is 29.5 Å². The summed E-state index contributed by atoms with van der Waals surface area (Å²) in [6.07, 6.45) is -0.231. The summed E-state index contributed by atoms with van der Waals surface area (Å²) in [6.45, 7) is 1.83. The molecule has 0 radical (unpaired) electrons. The Kier molecular flexibility index (Phi) is 1.84. The number of halogens is 2. The van der Waals surface area contributed by atoms with Crippen molar-refractivity contribution in [1.29, 1.82) is 0 Å². The number of fused-ring (bicyclic) bond motifs is 1. The van der Waals surface area contributed by atoms with E-state index in [-0.39, 0.29) is 5.92 Å². The second kappa shape index (κ2) is 2.77. The van der Waals surface area contributed by atoms with Gasteiger partial charge in [-0.3, -0.25) is 0 Å². The van der Waals surface area contributed by atoms with Crippen molar-refractivity contribution in [3.63, 3.8) is 0 Å². The topological polar surface area (TPSA) is 20.2 Å². The lowest BCUT2D eigenvalue weighted by Crippen LogP contribution is -1.95. The third-order valence-electron chi connectivity index (χ3n) is 2.55. The van der Waals surface area contributed by atoms with Crippen LogP contribution in [-0.2, 0) is 0 Å². The fourth-order valence-corrected chi connectivity index (χ4v) is 1.98. The zero-order valence-electron chi connectivity index (χ0n) is 7.22. The van der Waals surface area contributed by atoms with Gasteiger partial charge >= 0.3 is 0 Å². The number of benzene rings is 1. The Bertz CT molecular complexity index is 349. The van der Waals surface area contributed by atoms with Gasteiger partial charge in [0, 0.05) is 6.07 Å². The van der Waals surface area contributed by atoms with Gasteiger partial charge in [-0.15, -0.1) is 0 Å². The van der Waals surface area contributed by atoms with Crippen LogP contribution in [0.2, 0.25) is 0 Å². The van der Waals surface area contributed by atoms with E-state index in [0.29, 0.717) is 17.5 Å². The predicted octanol–water partition coefficient (Wildman–Crippen LogP) is 2.51.